The first-order valence-electron chi connectivity index (χ1n) is 9.44. The van der Waals surface area contributed by atoms with Gasteiger partial charge in [0.1, 0.15) is 5.75 Å². The number of anilines is 2. The monoisotopic (exact) mass is 396 g/mol. The third-order valence-electron chi connectivity index (χ3n) is 4.92. The van der Waals surface area contributed by atoms with E-state index in [4.69, 9.17) is 0 Å². The van der Waals surface area contributed by atoms with E-state index in [1.165, 1.54) is 0 Å². The summed E-state index contributed by atoms with van der Waals surface area (Å²) in [6.45, 7) is -2.83. The third-order valence-corrected chi connectivity index (χ3v) is 4.92. The molecule has 0 aliphatic heterocycles. The lowest BCUT2D eigenvalue weighted by molar-refractivity contribution is -0.0498. The van der Waals surface area contributed by atoms with Crippen molar-refractivity contribution in [3.05, 3.63) is 89.5 Å². The fourth-order valence-corrected chi connectivity index (χ4v) is 3.35. The number of rotatable bonds is 7. The Morgan fingerprint density at radius 1 is 0.586 bits per heavy atom. The Balaban J connectivity index is 2.01. The van der Waals surface area contributed by atoms with Gasteiger partial charge in [-0.15, -0.1) is 0 Å². The zero-order chi connectivity index (χ0) is 21.0. The van der Waals surface area contributed by atoms with Crippen molar-refractivity contribution in [1.82, 2.24) is 0 Å². The Bertz CT molecular complexity index is 854. The van der Waals surface area contributed by atoms with E-state index >= 15 is 0 Å². The van der Waals surface area contributed by atoms with Crippen LogP contribution in [0.15, 0.2) is 72.8 Å². The molecule has 3 aromatic carbocycles. The van der Waals surface area contributed by atoms with Crippen LogP contribution in [-0.4, -0.2) is 34.8 Å². The summed E-state index contributed by atoms with van der Waals surface area (Å²) in [7, 11) is 8.03. The fraction of sp³-hybridized carbons (Fsp3) is 0.250. The maximum absolute atomic E-state index is 12.5. The number of halogens is 2. The van der Waals surface area contributed by atoms with Gasteiger partial charge in [0.25, 0.3) is 0 Å². The van der Waals surface area contributed by atoms with Crippen molar-refractivity contribution in [1.29, 1.82) is 0 Å². The molecule has 3 rings (SSSR count). The van der Waals surface area contributed by atoms with Crippen LogP contribution in [0, 0.1) is 0 Å². The fourth-order valence-electron chi connectivity index (χ4n) is 3.35. The highest BCUT2D eigenvalue weighted by Gasteiger charge is 2.18. The van der Waals surface area contributed by atoms with E-state index in [1.54, 1.807) is 12.1 Å². The summed E-state index contributed by atoms with van der Waals surface area (Å²) in [6, 6.07) is 23.7. The van der Waals surface area contributed by atoms with Gasteiger partial charge in [-0.2, -0.15) is 8.78 Å². The summed E-state index contributed by atoms with van der Waals surface area (Å²) < 4.78 is 29.5. The first kappa shape index (κ1) is 20.6. The third kappa shape index (κ3) is 5.05. The van der Waals surface area contributed by atoms with Crippen molar-refractivity contribution in [2.24, 2.45) is 0 Å². The molecule has 0 aliphatic rings. The second-order valence-electron chi connectivity index (χ2n) is 7.35. The van der Waals surface area contributed by atoms with E-state index in [0.717, 1.165) is 28.1 Å². The van der Waals surface area contributed by atoms with Crippen LogP contribution in [0.1, 0.15) is 22.6 Å². The molecule has 0 amide bonds. The van der Waals surface area contributed by atoms with Gasteiger partial charge >= 0.3 is 6.61 Å². The summed E-state index contributed by atoms with van der Waals surface area (Å²) in [5.41, 5.74) is 5.53. The highest BCUT2D eigenvalue weighted by molar-refractivity contribution is 5.53. The predicted molar refractivity (Wildman–Crippen MR) is 116 cm³/mol. The van der Waals surface area contributed by atoms with Gasteiger partial charge in [0.2, 0.25) is 0 Å². The molecule has 0 saturated heterocycles. The lowest BCUT2D eigenvalue weighted by Crippen LogP contribution is -2.10. The Hall–Kier alpha value is -3.08. The van der Waals surface area contributed by atoms with E-state index in [1.807, 2.05) is 40.3 Å². The van der Waals surface area contributed by atoms with Crippen LogP contribution in [-0.2, 0) is 0 Å². The van der Waals surface area contributed by atoms with Gasteiger partial charge in [-0.05, 0) is 53.1 Å². The molecule has 0 saturated carbocycles. The minimum atomic E-state index is -2.83. The lowest BCUT2D eigenvalue weighted by Gasteiger charge is -2.22. The van der Waals surface area contributed by atoms with Crippen molar-refractivity contribution < 1.29 is 13.5 Å². The molecule has 0 fully saturated rings. The molecule has 0 aromatic heterocycles. The van der Waals surface area contributed by atoms with Gasteiger partial charge in [0, 0.05) is 45.5 Å². The van der Waals surface area contributed by atoms with Crippen LogP contribution in [0.5, 0.6) is 5.75 Å². The average Bonchev–Trinajstić information content (AvgIpc) is 2.70. The molecular weight excluding hydrogens is 370 g/mol. The summed E-state index contributed by atoms with van der Waals surface area (Å²) >= 11 is 0. The number of ether oxygens (including phenoxy) is 1. The first-order chi connectivity index (χ1) is 13.8. The molecule has 5 heteroatoms. The van der Waals surface area contributed by atoms with E-state index in [2.05, 4.69) is 63.1 Å². The predicted octanol–water partition coefficient (Wildman–Crippen LogP) is 5.60. The minimum absolute atomic E-state index is 0.0111. The van der Waals surface area contributed by atoms with Gasteiger partial charge in [-0.1, -0.05) is 36.4 Å². The summed E-state index contributed by atoms with van der Waals surface area (Å²) in [4.78, 5) is 4.11. The Labute approximate surface area is 171 Å². The van der Waals surface area contributed by atoms with E-state index in [-0.39, 0.29) is 11.7 Å². The Morgan fingerprint density at radius 2 is 0.931 bits per heavy atom. The van der Waals surface area contributed by atoms with Crippen LogP contribution in [0.2, 0.25) is 0 Å². The Morgan fingerprint density at radius 3 is 1.24 bits per heavy atom. The van der Waals surface area contributed by atoms with E-state index < -0.39 is 6.61 Å². The van der Waals surface area contributed by atoms with Crippen LogP contribution < -0.4 is 14.5 Å². The number of hydrogen-bond acceptors (Lipinski definition) is 3. The zero-order valence-electron chi connectivity index (χ0n) is 17.1. The number of nitrogens with zero attached hydrogens (tertiary/aromatic N) is 2. The van der Waals surface area contributed by atoms with Crippen molar-refractivity contribution in [3.8, 4) is 5.75 Å². The normalized spacial score (nSPS) is 11.0. The van der Waals surface area contributed by atoms with Gasteiger partial charge in [0.05, 0.1) is 0 Å². The molecule has 0 N–H and O–H groups in total. The highest BCUT2D eigenvalue weighted by Crippen LogP contribution is 2.34. The highest BCUT2D eigenvalue weighted by atomic mass is 19.3. The van der Waals surface area contributed by atoms with Crippen molar-refractivity contribution in [2.75, 3.05) is 38.0 Å². The van der Waals surface area contributed by atoms with Crippen molar-refractivity contribution in [2.45, 2.75) is 12.5 Å². The van der Waals surface area contributed by atoms with Crippen LogP contribution >= 0.6 is 0 Å². The maximum atomic E-state index is 12.5. The topological polar surface area (TPSA) is 15.7 Å². The number of alkyl halides is 2. The molecular formula is C24H26F2N2O. The lowest BCUT2D eigenvalue weighted by atomic mass is 9.85. The van der Waals surface area contributed by atoms with Crippen LogP contribution in [0.3, 0.4) is 0 Å². The molecule has 0 atom stereocenters. The van der Waals surface area contributed by atoms with Crippen molar-refractivity contribution in [3.63, 3.8) is 0 Å². The van der Waals surface area contributed by atoms with Gasteiger partial charge in [-0.3, -0.25) is 0 Å². The largest absolute Gasteiger partial charge is 0.435 e. The van der Waals surface area contributed by atoms with Crippen LogP contribution in [0.4, 0.5) is 20.2 Å². The first-order valence-corrected chi connectivity index (χ1v) is 9.44. The average molecular weight is 396 g/mol. The summed E-state index contributed by atoms with van der Waals surface area (Å²) in [5, 5.41) is 0. The second kappa shape index (κ2) is 8.95. The molecule has 0 bridgehead atoms. The molecule has 3 aromatic rings. The molecule has 0 aliphatic carbocycles. The standard InChI is InChI=1S/C24H26F2N2O/c1-27(2)20-11-5-17(6-12-20)23(18-7-13-21(14-8-18)28(3)4)19-9-15-22(16-10-19)29-24(25)26/h5-16,23-24H,1-4H3. The zero-order valence-corrected chi connectivity index (χ0v) is 17.1. The smallest absolute Gasteiger partial charge is 0.387 e. The Kier molecular flexibility index (Phi) is 6.37. The number of benzene rings is 3. The molecule has 0 unspecified atom stereocenters. The quantitative estimate of drug-likeness (QED) is 0.484. The molecule has 29 heavy (non-hydrogen) atoms. The summed E-state index contributed by atoms with van der Waals surface area (Å²) in [6.07, 6.45) is 0. The minimum Gasteiger partial charge on any atom is -0.435 e. The molecule has 152 valence electrons. The van der Waals surface area contributed by atoms with Crippen LogP contribution in [0.25, 0.3) is 0 Å². The second-order valence-corrected chi connectivity index (χ2v) is 7.35. The van der Waals surface area contributed by atoms with E-state index in [9.17, 15) is 8.78 Å². The maximum Gasteiger partial charge on any atom is 0.387 e. The number of hydrogen-bond donors (Lipinski definition) is 0. The molecule has 0 heterocycles. The van der Waals surface area contributed by atoms with E-state index in [0.29, 0.717) is 0 Å². The van der Waals surface area contributed by atoms with Crippen molar-refractivity contribution >= 4 is 11.4 Å². The van der Waals surface area contributed by atoms with Gasteiger partial charge in [0.15, 0.2) is 0 Å². The van der Waals surface area contributed by atoms with Gasteiger partial charge in [-0.25, -0.2) is 0 Å². The van der Waals surface area contributed by atoms with Gasteiger partial charge < -0.3 is 14.5 Å². The summed E-state index contributed by atoms with van der Waals surface area (Å²) in [5.74, 6) is 0.149. The molecule has 3 nitrogen and oxygen atoms in total. The SMILES string of the molecule is CN(C)c1ccc(C(c2ccc(OC(F)F)cc2)c2ccc(N(C)C)cc2)cc1. The molecule has 0 spiro atoms. The molecule has 0 radical (unpaired) electrons.